The highest BCUT2D eigenvalue weighted by Gasteiger charge is 2.13. The van der Waals surface area contributed by atoms with E-state index in [0.29, 0.717) is 13.0 Å². The highest BCUT2D eigenvalue weighted by atomic mass is 32.2. The molecule has 18 heavy (non-hydrogen) atoms. The monoisotopic (exact) mass is 271 g/mol. The molecule has 0 fully saturated rings. The van der Waals surface area contributed by atoms with E-state index in [9.17, 15) is 8.42 Å². The van der Waals surface area contributed by atoms with Gasteiger partial charge in [-0.05, 0) is 18.6 Å². The van der Waals surface area contributed by atoms with E-state index < -0.39 is 9.84 Å². The van der Waals surface area contributed by atoms with Crippen molar-refractivity contribution in [3.05, 3.63) is 18.2 Å². The van der Waals surface area contributed by atoms with E-state index in [2.05, 4.69) is 5.32 Å². The van der Waals surface area contributed by atoms with E-state index in [1.807, 2.05) is 18.2 Å². The Morgan fingerprint density at radius 3 is 2.83 bits per heavy atom. The number of rotatable bonds is 6. The van der Waals surface area contributed by atoms with Gasteiger partial charge in [-0.25, -0.2) is 8.42 Å². The lowest BCUT2D eigenvalue weighted by Crippen LogP contribution is -2.12. The molecule has 6 heteroatoms. The molecule has 0 amide bonds. The van der Waals surface area contributed by atoms with Gasteiger partial charge in [0.15, 0.2) is 11.5 Å². The van der Waals surface area contributed by atoms with Crippen LogP contribution in [0.2, 0.25) is 0 Å². The van der Waals surface area contributed by atoms with Gasteiger partial charge in [0.2, 0.25) is 6.79 Å². The molecule has 5 nitrogen and oxygen atoms in total. The smallest absolute Gasteiger partial charge is 0.231 e. The SMILES string of the molecule is CCS(=O)(=O)CCCNc1ccc2c(c1)OCO2. The molecule has 1 aromatic rings. The lowest BCUT2D eigenvalue weighted by atomic mass is 10.2. The molecule has 0 saturated carbocycles. The van der Waals surface area contributed by atoms with E-state index in [-0.39, 0.29) is 18.3 Å². The van der Waals surface area contributed by atoms with E-state index in [1.165, 1.54) is 0 Å². The zero-order chi connectivity index (χ0) is 13.0. The van der Waals surface area contributed by atoms with Crippen molar-refractivity contribution >= 4 is 15.5 Å². The van der Waals surface area contributed by atoms with Gasteiger partial charge in [0.1, 0.15) is 9.84 Å². The molecule has 2 rings (SSSR count). The molecular formula is C12H17NO4S. The Balaban J connectivity index is 1.81. The third-order valence-electron chi connectivity index (χ3n) is 2.77. The summed E-state index contributed by atoms with van der Waals surface area (Å²) in [6.07, 6.45) is 0.602. The molecular weight excluding hydrogens is 254 g/mol. The quantitative estimate of drug-likeness (QED) is 0.797. The van der Waals surface area contributed by atoms with Crippen LogP contribution in [0, 0.1) is 0 Å². The third-order valence-corrected chi connectivity index (χ3v) is 4.56. The lowest BCUT2D eigenvalue weighted by Gasteiger charge is -2.07. The van der Waals surface area contributed by atoms with Crippen molar-refractivity contribution in [1.29, 1.82) is 0 Å². The molecule has 1 N–H and O–H groups in total. The summed E-state index contributed by atoms with van der Waals surface area (Å²) >= 11 is 0. The van der Waals surface area contributed by atoms with Crippen LogP contribution < -0.4 is 14.8 Å². The van der Waals surface area contributed by atoms with Crippen LogP contribution in [0.5, 0.6) is 11.5 Å². The van der Waals surface area contributed by atoms with Crippen LogP contribution in [0.25, 0.3) is 0 Å². The minimum atomic E-state index is -2.87. The van der Waals surface area contributed by atoms with Crippen molar-refractivity contribution in [2.45, 2.75) is 13.3 Å². The summed E-state index contributed by atoms with van der Waals surface area (Å²) in [7, 11) is -2.87. The van der Waals surface area contributed by atoms with Crippen LogP contribution in [0.15, 0.2) is 18.2 Å². The molecule has 1 aliphatic rings. The number of hydrogen-bond donors (Lipinski definition) is 1. The van der Waals surface area contributed by atoms with Crippen molar-refractivity contribution in [3.63, 3.8) is 0 Å². The topological polar surface area (TPSA) is 64.6 Å². The van der Waals surface area contributed by atoms with Crippen LogP contribution in [0.4, 0.5) is 5.69 Å². The highest BCUT2D eigenvalue weighted by Crippen LogP contribution is 2.34. The fourth-order valence-electron chi connectivity index (χ4n) is 1.68. The summed E-state index contributed by atoms with van der Waals surface area (Å²) in [4.78, 5) is 0. The Morgan fingerprint density at radius 1 is 1.28 bits per heavy atom. The maximum atomic E-state index is 11.3. The minimum Gasteiger partial charge on any atom is -0.454 e. The maximum Gasteiger partial charge on any atom is 0.231 e. The molecule has 0 spiro atoms. The standard InChI is InChI=1S/C12H17NO4S/c1-2-18(14,15)7-3-6-13-10-4-5-11-12(8-10)17-9-16-11/h4-5,8,13H,2-3,6-7,9H2,1H3. The molecule has 0 atom stereocenters. The van der Waals surface area contributed by atoms with E-state index in [1.54, 1.807) is 6.92 Å². The molecule has 0 radical (unpaired) electrons. The molecule has 0 aliphatic carbocycles. The zero-order valence-corrected chi connectivity index (χ0v) is 11.1. The van der Waals surface area contributed by atoms with E-state index in [0.717, 1.165) is 17.2 Å². The average Bonchev–Trinajstić information content (AvgIpc) is 2.82. The molecule has 0 saturated heterocycles. The number of sulfone groups is 1. The molecule has 100 valence electrons. The minimum absolute atomic E-state index is 0.205. The molecule has 1 aromatic carbocycles. The molecule has 0 aromatic heterocycles. The van der Waals surface area contributed by atoms with Gasteiger partial charge in [-0.2, -0.15) is 0 Å². The Hall–Kier alpha value is -1.43. The van der Waals surface area contributed by atoms with Crippen molar-refractivity contribution in [3.8, 4) is 11.5 Å². The lowest BCUT2D eigenvalue weighted by molar-refractivity contribution is 0.174. The van der Waals surface area contributed by atoms with Crippen molar-refractivity contribution in [1.82, 2.24) is 0 Å². The predicted octanol–water partition coefficient (Wildman–Crippen LogP) is 1.65. The first-order valence-corrected chi connectivity index (χ1v) is 7.77. The van der Waals surface area contributed by atoms with Crippen LogP contribution in [-0.4, -0.2) is 33.3 Å². The highest BCUT2D eigenvalue weighted by molar-refractivity contribution is 7.91. The fraction of sp³-hybridized carbons (Fsp3) is 0.500. The average molecular weight is 271 g/mol. The molecule has 0 bridgehead atoms. The summed E-state index contributed by atoms with van der Waals surface area (Å²) < 4.78 is 33.1. The summed E-state index contributed by atoms with van der Waals surface area (Å²) in [5, 5.41) is 3.17. The second-order valence-corrected chi connectivity index (χ2v) is 6.56. The van der Waals surface area contributed by atoms with Crippen LogP contribution in [0.3, 0.4) is 0 Å². The first-order valence-electron chi connectivity index (χ1n) is 5.94. The second kappa shape index (κ2) is 5.48. The molecule has 0 unspecified atom stereocenters. The summed E-state index contributed by atoms with van der Waals surface area (Å²) in [6, 6.07) is 5.59. The van der Waals surface area contributed by atoms with E-state index in [4.69, 9.17) is 9.47 Å². The number of benzene rings is 1. The van der Waals surface area contributed by atoms with Gasteiger partial charge in [-0.15, -0.1) is 0 Å². The van der Waals surface area contributed by atoms with Gasteiger partial charge >= 0.3 is 0 Å². The first-order chi connectivity index (χ1) is 8.61. The van der Waals surface area contributed by atoms with Gasteiger partial charge in [0.25, 0.3) is 0 Å². The number of hydrogen-bond acceptors (Lipinski definition) is 5. The van der Waals surface area contributed by atoms with Gasteiger partial charge in [-0.3, -0.25) is 0 Å². The summed E-state index contributed by atoms with van der Waals surface area (Å²) in [6.45, 7) is 2.55. The number of ether oxygens (including phenoxy) is 2. The number of fused-ring (bicyclic) bond motifs is 1. The fourth-order valence-corrected chi connectivity index (χ4v) is 2.55. The molecule has 1 heterocycles. The Labute approximate surface area is 107 Å². The van der Waals surface area contributed by atoms with Gasteiger partial charge in [0, 0.05) is 24.1 Å². The normalized spacial score (nSPS) is 13.6. The van der Waals surface area contributed by atoms with Crippen molar-refractivity contribution < 1.29 is 17.9 Å². The number of nitrogens with one attached hydrogen (secondary N) is 1. The van der Waals surface area contributed by atoms with Crippen LogP contribution >= 0.6 is 0 Å². The van der Waals surface area contributed by atoms with Crippen molar-refractivity contribution in [2.24, 2.45) is 0 Å². The van der Waals surface area contributed by atoms with E-state index >= 15 is 0 Å². The zero-order valence-electron chi connectivity index (χ0n) is 10.3. The Bertz CT molecular complexity index is 513. The summed E-state index contributed by atoms with van der Waals surface area (Å²) in [5.74, 6) is 1.90. The maximum absolute atomic E-state index is 11.3. The Kier molecular flexibility index (Phi) is 3.96. The van der Waals surface area contributed by atoms with Gasteiger partial charge in [0.05, 0.1) is 5.75 Å². The van der Waals surface area contributed by atoms with Gasteiger partial charge < -0.3 is 14.8 Å². The molecule has 1 aliphatic heterocycles. The summed E-state index contributed by atoms with van der Waals surface area (Å²) in [5.41, 5.74) is 0.910. The second-order valence-electron chi connectivity index (χ2n) is 4.08. The number of anilines is 1. The van der Waals surface area contributed by atoms with Crippen LogP contribution in [0.1, 0.15) is 13.3 Å². The predicted molar refractivity (Wildman–Crippen MR) is 70.0 cm³/mol. The Morgan fingerprint density at radius 2 is 2.06 bits per heavy atom. The largest absolute Gasteiger partial charge is 0.454 e. The van der Waals surface area contributed by atoms with Crippen LogP contribution in [-0.2, 0) is 9.84 Å². The third kappa shape index (κ3) is 3.29. The first kappa shape index (κ1) is 13.0. The van der Waals surface area contributed by atoms with Crippen molar-refractivity contribution in [2.75, 3.05) is 30.2 Å². The van der Waals surface area contributed by atoms with Gasteiger partial charge in [-0.1, -0.05) is 6.92 Å².